The summed E-state index contributed by atoms with van der Waals surface area (Å²) in [6.07, 6.45) is 4.07. The zero-order chi connectivity index (χ0) is 17.0. The molecule has 4 heteroatoms. The lowest BCUT2D eigenvalue weighted by Gasteiger charge is -2.32. The van der Waals surface area contributed by atoms with Crippen molar-refractivity contribution in [2.24, 2.45) is 13.0 Å². The topological polar surface area (TPSA) is 38.1 Å². The Morgan fingerprint density at radius 1 is 1.26 bits per heavy atom. The molecule has 124 valence electrons. The first kappa shape index (κ1) is 17.3. The molecule has 2 rings (SSSR count). The maximum atomic E-state index is 12.9. The lowest BCUT2D eigenvalue weighted by molar-refractivity contribution is -0.133. The third-order valence-corrected chi connectivity index (χ3v) is 4.10. The monoisotopic (exact) mass is 313 g/mol. The van der Waals surface area contributed by atoms with Gasteiger partial charge in [-0.05, 0) is 36.5 Å². The second kappa shape index (κ2) is 7.44. The standard InChI is InChI=1S/C19H27N3O/c1-14(2)12-22(16(4)18-9-7-6-8-15(18)3)19(23)10-17-11-20-21(5)13-17/h6-9,11,13-14,16H,10,12H2,1-5H3. The molecule has 0 radical (unpaired) electrons. The molecule has 1 unspecified atom stereocenters. The van der Waals surface area contributed by atoms with Crippen molar-refractivity contribution in [2.75, 3.05) is 6.54 Å². The Bertz CT molecular complexity index is 660. The number of aryl methyl sites for hydroxylation is 2. The summed E-state index contributed by atoms with van der Waals surface area (Å²) in [5, 5.41) is 4.15. The molecule has 0 aliphatic carbocycles. The van der Waals surface area contributed by atoms with Gasteiger partial charge in [-0.3, -0.25) is 9.48 Å². The van der Waals surface area contributed by atoms with Crippen LogP contribution in [0.15, 0.2) is 36.7 Å². The molecule has 0 spiro atoms. The van der Waals surface area contributed by atoms with Crippen molar-refractivity contribution in [2.45, 2.75) is 40.2 Å². The summed E-state index contributed by atoms with van der Waals surface area (Å²) in [6.45, 7) is 9.27. The number of carbonyl (C=O) groups is 1. The van der Waals surface area contributed by atoms with Gasteiger partial charge in [-0.25, -0.2) is 0 Å². The molecule has 0 N–H and O–H groups in total. The van der Waals surface area contributed by atoms with E-state index in [4.69, 9.17) is 0 Å². The molecule has 1 aromatic carbocycles. The van der Waals surface area contributed by atoms with Crippen molar-refractivity contribution in [3.05, 3.63) is 53.3 Å². The minimum Gasteiger partial charge on any atom is -0.335 e. The maximum Gasteiger partial charge on any atom is 0.227 e. The molecular weight excluding hydrogens is 286 g/mol. The van der Waals surface area contributed by atoms with E-state index in [2.05, 4.69) is 44.9 Å². The molecule has 0 fully saturated rings. The van der Waals surface area contributed by atoms with Crippen LogP contribution in [-0.2, 0) is 18.3 Å². The summed E-state index contributed by atoms with van der Waals surface area (Å²) in [6, 6.07) is 8.37. The van der Waals surface area contributed by atoms with Crippen molar-refractivity contribution in [1.29, 1.82) is 0 Å². The van der Waals surface area contributed by atoms with Gasteiger partial charge in [0.05, 0.1) is 18.7 Å². The van der Waals surface area contributed by atoms with E-state index in [1.807, 2.05) is 30.3 Å². The Labute approximate surface area is 139 Å². The minimum atomic E-state index is 0.0720. The molecule has 1 heterocycles. The smallest absolute Gasteiger partial charge is 0.227 e. The number of nitrogens with zero attached hydrogens (tertiary/aromatic N) is 3. The van der Waals surface area contributed by atoms with Crippen LogP contribution in [0.25, 0.3) is 0 Å². The van der Waals surface area contributed by atoms with E-state index in [-0.39, 0.29) is 11.9 Å². The molecule has 0 bridgehead atoms. The predicted octanol–water partition coefficient (Wildman–Crippen LogP) is 3.52. The van der Waals surface area contributed by atoms with Crippen LogP contribution in [0.2, 0.25) is 0 Å². The van der Waals surface area contributed by atoms with Gasteiger partial charge in [-0.15, -0.1) is 0 Å². The number of benzene rings is 1. The average Bonchev–Trinajstić information content (AvgIpc) is 2.89. The molecule has 23 heavy (non-hydrogen) atoms. The fourth-order valence-electron chi connectivity index (χ4n) is 2.93. The highest BCUT2D eigenvalue weighted by Gasteiger charge is 2.23. The van der Waals surface area contributed by atoms with E-state index in [0.29, 0.717) is 12.3 Å². The van der Waals surface area contributed by atoms with Crippen LogP contribution in [0.4, 0.5) is 0 Å². The van der Waals surface area contributed by atoms with Gasteiger partial charge in [0.2, 0.25) is 5.91 Å². The first-order valence-electron chi connectivity index (χ1n) is 8.21. The number of amides is 1. The Morgan fingerprint density at radius 3 is 2.52 bits per heavy atom. The Hall–Kier alpha value is -2.10. The quantitative estimate of drug-likeness (QED) is 0.818. The lowest BCUT2D eigenvalue weighted by atomic mass is 9.99. The Kier molecular flexibility index (Phi) is 5.59. The van der Waals surface area contributed by atoms with Gasteiger partial charge >= 0.3 is 0 Å². The molecule has 0 saturated carbocycles. The third kappa shape index (κ3) is 4.44. The third-order valence-electron chi connectivity index (χ3n) is 4.10. The highest BCUT2D eigenvalue weighted by Crippen LogP contribution is 2.25. The van der Waals surface area contributed by atoms with E-state index < -0.39 is 0 Å². The number of hydrogen-bond acceptors (Lipinski definition) is 2. The van der Waals surface area contributed by atoms with E-state index in [1.165, 1.54) is 11.1 Å². The summed E-state index contributed by atoms with van der Waals surface area (Å²) >= 11 is 0. The van der Waals surface area contributed by atoms with E-state index in [0.717, 1.165) is 12.1 Å². The summed E-state index contributed by atoms with van der Waals surface area (Å²) < 4.78 is 1.74. The second-order valence-corrected chi connectivity index (χ2v) is 6.67. The summed E-state index contributed by atoms with van der Waals surface area (Å²) in [7, 11) is 1.87. The van der Waals surface area contributed by atoms with Crippen LogP contribution in [0, 0.1) is 12.8 Å². The van der Waals surface area contributed by atoms with E-state index >= 15 is 0 Å². The van der Waals surface area contributed by atoms with Gasteiger partial charge in [-0.2, -0.15) is 5.10 Å². The molecule has 2 aromatic rings. The second-order valence-electron chi connectivity index (χ2n) is 6.67. The van der Waals surface area contributed by atoms with Gasteiger partial charge < -0.3 is 4.90 Å². The largest absolute Gasteiger partial charge is 0.335 e. The minimum absolute atomic E-state index is 0.0720. The number of rotatable bonds is 6. The summed E-state index contributed by atoms with van der Waals surface area (Å²) in [4.78, 5) is 14.9. The molecule has 0 aliphatic heterocycles. The lowest BCUT2D eigenvalue weighted by Crippen LogP contribution is -2.37. The van der Waals surface area contributed by atoms with Gasteiger partial charge in [0.15, 0.2) is 0 Å². The molecule has 4 nitrogen and oxygen atoms in total. The normalized spacial score (nSPS) is 12.4. The highest BCUT2D eigenvalue weighted by atomic mass is 16.2. The molecule has 1 amide bonds. The number of carbonyl (C=O) groups excluding carboxylic acids is 1. The Balaban J connectivity index is 2.22. The first-order valence-corrected chi connectivity index (χ1v) is 8.21. The molecule has 1 aromatic heterocycles. The van der Waals surface area contributed by atoms with Crippen molar-refractivity contribution in [3.8, 4) is 0 Å². The van der Waals surface area contributed by atoms with Crippen molar-refractivity contribution >= 4 is 5.91 Å². The van der Waals surface area contributed by atoms with Crippen LogP contribution in [-0.4, -0.2) is 27.1 Å². The van der Waals surface area contributed by atoms with Crippen molar-refractivity contribution in [1.82, 2.24) is 14.7 Å². The van der Waals surface area contributed by atoms with Crippen LogP contribution in [0.3, 0.4) is 0 Å². The average molecular weight is 313 g/mol. The van der Waals surface area contributed by atoms with Gasteiger partial charge in [0.25, 0.3) is 0 Å². The highest BCUT2D eigenvalue weighted by molar-refractivity contribution is 5.79. The Morgan fingerprint density at radius 2 is 1.96 bits per heavy atom. The molecular formula is C19H27N3O. The zero-order valence-corrected chi connectivity index (χ0v) is 14.8. The van der Waals surface area contributed by atoms with E-state index in [1.54, 1.807) is 10.9 Å². The van der Waals surface area contributed by atoms with E-state index in [9.17, 15) is 4.79 Å². The van der Waals surface area contributed by atoms with Crippen LogP contribution in [0.5, 0.6) is 0 Å². The van der Waals surface area contributed by atoms with Crippen molar-refractivity contribution in [3.63, 3.8) is 0 Å². The molecule has 1 atom stereocenters. The summed E-state index contributed by atoms with van der Waals surface area (Å²) in [5.74, 6) is 0.585. The zero-order valence-electron chi connectivity index (χ0n) is 14.8. The fourth-order valence-corrected chi connectivity index (χ4v) is 2.93. The number of hydrogen-bond donors (Lipinski definition) is 0. The molecule has 0 saturated heterocycles. The number of aromatic nitrogens is 2. The SMILES string of the molecule is Cc1ccccc1C(C)N(CC(C)C)C(=O)Cc1cnn(C)c1. The van der Waals surface area contributed by atoms with Crippen LogP contribution >= 0.6 is 0 Å². The fraction of sp³-hybridized carbons (Fsp3) is 0.474. The van der Waals surface area contributed by atoms with Crippen LogP contribution < -0.4 is 0 Å². The maximum absolute atomic E-state index is 12.9. The van der Waals surface area contributed by atoms with Crippen molar-refractivity contribution < 1.29 is 4.79 Å². The molecule has 0 aliphatic rings. The predicted molar refractivity (Wildman–Crippen MR) is 93.1 cm³/mol. The first-order chi connectivity index (χ1) is 10.9. The van der Waals surface area contributed by atoms with Crippen LogP contribution in [0.1, 0.15) is 43.5 Å². The van der Waals surface area contributed by atoms with Gasteiger partial charge in [0, 0.05) is 19.8 Å². The van der Waals surface area contributed by atoms with Gasteiger partial charge in [0.1, 0.15) is 0 Å². The summed E-state index contributed by atoms with van der Waals surface area (Å²) in [5.41, 5.74) is 3.40. The van der Waals surface area contributed by atoms with Gasteiger partial charge in [-0.1, -0.05) is 38.1 Å².